The largest absolute Gasteiger partial charge is 0.481 e. The molecule has 0 aromatic rings. The summed E-state index contributed by atoms with van der Waals surface area (Å²) in [4.78, 5) is 36.7. The van der Waals surface area contributed by atoms with E-state index in [9.17, 15) is 29.8 Å². The molecule has 9 unspecified atom stereocenters. The van der Waals surface area contributed by atoms with Crippen LogP contribution in [0.1, 0.15) is 77.0 Å². The predicted molar refractivity (Wildman–Crippen MR) is 162 cm³/mol. The van der Waals surface area contributed by atoms with Crippen molar-refractivity contribution in [1.82, 2.24) is 10.8 Å². The number of ether oxygens (including phenoxy) is 2. The van der Waals surface area contributed by atoms with E-state index in [4.69, 9.17) is 55.9 Å². The van der Waals surface area contributed by atoms with E-state index in [1.807, 2.05) is 0 Å². The summed E-state index contributed by atoms with van der Waals surface area (Å²) >= 11 is 25.6. The molecule has 4 aliphatic carbocycles. The number of rotatable bonds is 11. The molecule has 0 saturated heterocycles. The Balaban J connectivity index is 1.16. The Kier molecular flexibility index (Phi) is 13.4. The Bertz CT molecular complexity index is 949. The Hall–Kier alpha value is -0.590. The van der Waals surface area contributed by atoms with Gasteiger partial charge in [0.15, 0.2) is 0 Å². The van der Waals surface area contributed by atoms with E-state index in [1.54, 1.807) is 0 Å². The number of halogens is 4. The predicted octanol–water partition coefficient (Wildman–Crippen LogP) is 4.96. The fourth-order valence-electron chi connectivity index (χ4n) is 7.71. The van der Waals surface area contributed by atoms with E-state index in [0.717, 1.165) is 38.5 Å². The van der Waals surface area contributed by atoms with Crippen molar-refractivity contribution in [2.24, 2.45) is 29.6 Å². The minimum absolute atomic E-state index is 0.00492. The molecule has 10 nitrogen and oxygen atoms in total. The number of carboxylic acid groups (broad SMARTS) is 2. The highest BCUT2D eigenvalue weighted by Gasteiger charge is 2.49. The fraction of sp³-hybridized carbons (Fsp3) is 0.897. The Morgan fingerprint density at radius 1 is 0.651 bits per heavy atom. The normalized spacial score (nSPS) is 41.2. The lowest BCUT2D eigenvalue weighted by atomic mass is 9.68. The molecule has 0 aliphatic heterocycles. The van der Waals surface area contributed by atoms with Crippen LogP contribution in [0.2, 0.25) is 0 Å². The first kappa shape index (κ1) is 35.3. The number of amides is 1. The molecule has 5 N–H and O–H groups in total. The Labute approximate surface area is 272 Å². The summed E-state index contributed by atoms with van der Waals surface area (Å²) in [5.74, 6) is -5.51. The van der Waals surface area contributed by atoms with Gasteiger partial charge < -0.3 is 30.2 Å². The van der Waals surface area contributed by atoms with Crippen LogP contribution in [-0.2, 0) is 23.9 Å². The van der Waals surface area contributed by atoms with Gasteiger partial charge in [-0.15, -0.1) is 46.4 Å². The van der Waals surface area contributed by atoms with Crippen LogP contribution < -0.4 is 10.8 Å². The molecular formula is C29H44Cl4N2O8. The van der Waals surface area contributed by atoms with Gasteiger partial charge in [0.1, 0.15) is 6.79 Å². The van der Waals surface area contributed by atoms with Crippen LogP contribution in [0.15, 0.2) is 0 Å². The standard InChI is InChI=1S/C29H44Cl4N2O8/c30-18-9-11-20(32)24(28(37)38)22(18)26(35-41)14-1-5-16(6-2-14)42-13-43-17-7-3-15(4-8-17)34-27(36)23-19(31)10-12-21(33)25(23)29(39)40/h14-26,35,41H,1-13H2,(H,34,36)(H,37,38)(H,39,40). The zero-order valence-corrected chi connectivity index (χ0v) is 27.1. The molecule has 0 bridgehead atoms. The van der Waals surface area contributed by atoms with Gasteiger partial charge >= 0.3 is 11.9 Å². The van der Waals surface area contributed by atoms with Crippen molar-refractivity contribution in [3.05, 3.63) is 0 Å². The van der Waals surface area contributed by atoms with E-state index in [0.29, 0.717) is 38.5 Å². The van der Waals surface area contributed by atoms with Crippen LogP contribution in [0.5, 0.6) is 0 Å². The molecule has 4 fully saturated rings. The van der Waals surface area contributed by atoms with Gasteiger partial charge in [-0.1, -0.05) is 0 Å². The monoisotopic (exact) mass is 688 g/mol. The van der Waals surface area contributed by atoms with Gasteiger partial charge in [-0.2, -0.15) is 0 Å². The lowest BCUT2D eigenvalue weighted by molar-refractivity contribution is -0.149. The molecule has 4 saturated carbocycles. The van der Waals surface area contributed by atoms with Crippen molar-refractivity contribution in [2.45, 2.75) is 123 Å². The number of carbonyl (C=O) groups excluding carboxylic acids is 1. The average molecular weight is 690 g/mol. The van der Waals surface area contributed by atoms with Crippen LogP contribution in [0.4, 0.5) is 0 Å². The number of alkyl halides is 4. The van der Waals surface area contributed by atoms with Crippen LogP contribution in [-0.4, -0.2) is 85.9 Å². The van der Waals surface area contributed by atoms with E-state index in [1.165, 1.54) is 0 Å². The lowest BCUT2D eigenvalue weighted by Gasteiger charge is -2.44. The SMILES string of the molecule is O=C(O)C1C(Cl)CCC(Cl)C1C(=O)NC1CCC(OCOC2CCC(C(NO)C3C(Cl)CCC(Cl)C3C(=O)O)CC2)CC1. The van der Waals surface area contributed by atoms with Crippen molar-refractivity contribution >= 4 is 64.2 Å². The first-order valence-corrected chi connectivity index (χ1v) is 17.2. The quantitative estimate of drug-likeness (QED) is 0.115. The summed E-state index contributed by atoms with van der Waals surface area (Å²) in [6.45, 7) is 0.160. The second-order valence-electron chi connectivity index (χ2n) is 12.7. The number of aliphatic carboxylic acids is 2. The van der Waals surface area contributed by atoms with Gasteiger partial charge in [0.05, 0.1) is 30.0 Å². The number of carbonyl (C=O) groups is 3. The minimum Gasteiger partial charge on any atom is -0.481 e. The van der Waals surface area contributed by atoms with Gasteiger partial charge in [0, 0.05) is 39.5 Å². The lowest BCUT2D eigenvalue weighted by Crippen LogP contribution is -2.54. The Morgan fingerprint density at radius 3 is 1.63 bits per heavy atom. The fourth-order valence-corrected chi connectivity index (χ4v) is 9.34. The maximum atomic E-state index is 13.0. The number of carboxylic acids is 2. The average Bonchev–Trinajstić information content (AvgIpc) is 2.97. The van der Waals surface area contributed by atoms with E-state index in [-0.39, 0.29) is 42.2 Å². The van der Waals surface area contributed by atoms with Crippen LogP contribution in [0, 0.1) is 29.6 Å². The molecule has 4 aliphatic rings. The molecule has 9 atom stereocenters. The van der Waals surface area contributed by atoms with Gasteiger partial charge in [-0.05, 0) is 83.0 Å². The Morgan fingerprint density at radius 2 is 1.12 bits per heavy atom. The van der Waals surface area contributed by atoms with Gasteiger partial charge in [-0.25, -0.2) is 5.48 Å². The first-order chi connectivity index (χ1) is 20.5. The van der Waals surface area contributed by atoms with Crippen molar-refractivity contribution in [2.75, 3.05) is 6.79 Å². The van der Waals surface area contributed by atoms with E-state index in [2.05, 4.69) is 10.8 Å². The summed E-state index contributed by atoms with van der Waals surface area (Å²) in [6, 6.07) is -0.532. The number of hydrogen-bond acceptors (Lipinski definition) is 7. The zero-order valence-electron chi connectivity index (χ0n) is 24.1. The maximum absolute atomic E-state index is 13.0. The zero-order chi connectivity index (χ0) is 31.3. The summed E-state index contributed by atoms with van der Waals surface area (Å²) in [5, 5.41) is 30.4. The number of nitrogens with one attached hydrogen (secondary N) is 2. The smallest absolute Gasteiger partial charge is 0.308 e. The molecule has 246 valence electrons. The topological polar surface area (TPSA) is 154 Å². The van der Waals surface area contributed by atoms with Gasteiger partial charge in [-0.3, -0.25) is 14.4 Å². The molecule has 0 radical (unpaired) electrons. The molecule has 0 aromatic heterocycles. The van der Waals surface area contributed by atoms with Crippen molar-refractivity contribution in [1.29, 1.82) is 0 Å². The molecule has 0 heterocycles. The maximum Gasteiger partial charge on any atom is 0.308 e. The third-order valence-electron chi connectivity index (χ3n) is 10.1. The third-order valence-corrected chi connectivity index (χ3v) is 12.1. The second kappa shape index (κ2) is 16.3. The van der Waals surface area contributed by atoms with Crippen molar-refractivity contribution < 1.29 is 39.3 Å². The summed E-state index contributed by atoms with van der Waals surface area (Å²) in [6.07, 6.45) is 8.08. The number of hydroxylamine groups is 1. The van der Waals surface area contributed by atoms with Crippen molar-refractivity contribution in [3.63, 3.8) is 0 Å². The van der Waals surface area contributed by atoms with Crippen LogP contribution >= 0.6 is 46.4 Å². The first-order valence-electron chi connectivity index (χ1n) is 15.5. The van der Waals surface area contributed by atoms with Gasteiger partial charge in [0.2, 0.25) is 5.91 Å². The third kappa shape index (κ3) is 8.82. The van der Waals surface area contributed by atoms with E-state index >= 15 is 0 Å². The van der Waals surface area contributed by atoms with Crippen LogP contribution in [0.3, 0.4) is 0 Å². The van der Waals surface area contributed by atoms with Crippen LogP contribution in [0.25, 0.3) is 0 Å². The molecule has 0 aromatic carbocycles. The highest BCUT2D eigenvalue weighted by molar-refractivity contribution is 6.25. The summed E-state index contributed by atoms with van der Waals surface area (Å²) < 4.78 is 12.0. The van der Waals surface area contributed by atoms with Gasteiger partial charge in [0.25, 0.3) is 0 Å². The molecular weight excluding hydrogens is 646 g/mol. The van der Waals surface area contributed by atoms with E-state index < -0.39 is 57.8 Å². The minimum atomic E-state index is -1.09. The molecule has 43 heavy (non-hydrogen) atoms. The molecule has 14 heteroatoms. The summed E-state index contributed by atoms with van der Waals surface area (Å²) in [7, 11) is 0. The second-order valence-corrected chi connectivity index (χ2v) is 14.9. The highest BCUT2D eigenvalue weighted by Crippen LogP contribution is 2.43. The number of hydrogen-bond donors (Lipinski definition) is 5. The molecule has 1 amide bonds. The molecule has 4 rings (SSSR count). The highest BCUT2D eigenvalue weighted by atomic mass is 35.5. The summed E-state index contributed by atoms with van der Waals surface area (Å²) in [5.41, 5.74) is 2.39. The molecule has 0 spiro atoms. The van der Waals surface area contributed by atoms with Crippen molar-refractivity contribution in [3.8, 4) is 0 Å².